The molecule has 4 nitrogen and oxygen atoms in total. The van der Waals surface area contributed by atoms with Gasteiger partial charge < -0.3 is 10.5 Å². The lowest BCUT2D eigenvalue weighted by Gasteiger charge is -2.01. The average molecular weight is 191 g/mol. The van der Waals surface area contributed by atoms with Gasteiger partial charge in [0, 0.05) is 7.05 Å². The number of hydrogen-bond donors (Lipinski definition) is 1. The van der Waals surface area contributed by atoms with Gasteiger partial charge in [-0.15, -0.1) is 5.10 Å². The number of hydrogen-bond acceptors (Lipinski definition) is 3. The standard InChI is InChI=1S/C7H11F2N3O/c1-4-6(10)7(11-12(4)2)13-3-5(8)9/h5H,3,10H2,1-2H3. The number of nitrogen functional groups attached to an aromatic ring is 1. The molecular formula is C7H11F2N3O. The van der Waals surface area contributed by atoms with E-state index in [1.165, 1.54) is 4.68 Å². The van der Waals surface area contributed by atoms with Crippen molar-refractivity contribution in [3.8, 4) is 5.88 Å². The second kappa shape index (κ2) is 3.59. The van der Waals surface area contributed by atoms with Crippen molar-refractivity contribution in [1.29, 1.82) is 0 Å². The molecule has 0 bridgehead atoms. The van der Waals surface area contributed by atoms with Gasteiger partial charge in [-0.1, -0.05) is 0 Å². The zero-order valence-corrected chi connectivity index (χ0v) is 7.42. The molecule has 13 heavy (non-hydrogen) atoms. The molecule has 1 aromatic rings. The molecule has 0 spiro atoms. The van der Waals surface area contributed by atoms with E-state index in [-0.39, 0.29) is 5.88 Å². The first-order valence-electron chi connectivity index (χ1n) is 3.72. The van der Waals surface area contributed by atoms with Crippen LogP contribution < -0.4 is 10.5 Å². The van der Waals surface area contributed by atoms with E-state index in [1.807, 2.05) is 0 Å². The zero-order chi connectivity index (χ0) is 10.0. The molecule has 0 aliphatic heterocycles. The second-order valence-corrected chi connectivity index (χ2v) is 2.63. The third-order valence-corrected chi connectivity index (χ3v) is 1.69. The van der Waals surface area contributed by atoms with Crippen molar-refractivity contribution in [3.05, 3.63) is 5.69 Å². The molecule has 0 saturated carbocycles. The fourth-order valence-corrected chi connectivity index (χ4v) is 0.843. The van der Waals surface area contributed by atoms with Gasteiger partial charge in [0.25, 0.3) is 12.3 Å². The van der Waals surface area contributed by atoms with Gasteiger partial charge >= 0.3 is 0 Å². The maximum absolute atomic E-state index is 11.8. The summed E-state index contributed by atoms with van der Waals surface area (Å²) in [5.41, 5.74) is 6.54. The number of nitrogens with zero attached hydrogens (tertiary/aromatic N) is 2. The Bertz CT molecular complexity index is 298. The molecule has 0 atom stereocenters. The Labute approximate surface area is 74.3 Å². The summed E-state index contributed by atoms with van der Waals surface area (Å²) in [6.45, 7) is 1.05. The number of nitrogens with two attached hydrogens (primary N) is 1. The predicted octanol–water partition coefficient (Wildman–Crippen LogP) is 0.955. The summed E-state index contributed by atoms with van der Waals surface area (Å²) in [6, 6.07) is 0. The minimum Gasteiger partial charge on any atom is -0.469 e. The number of halogens is 2. The van der Waals surface area contributed by atoms with Crippen molar-refractivity contribution < 1.29 is 13.5 Å². The van der Waals surface area contributed by atoms with Crippen LogP contribution in [0.4, 0.5) is 14.5 Å². The van der Waals surface area contributed by atoms with Gasteiger partial charge in [-0.3, -0.25) is 4.68 Å². The van der Waals surface area contributed by atoms with Gasteiger partial charge in [0.15, 0.2) is 6.61 Å². The van der Waals surface area contributed by atoms with Crippen LogP contribution in [0, 0.1) is 6.92 Å². The smallest absolute Gasteiger partial charge is 0.272 e. The van der Waals surface area contributed by atoms with Crippen LogP contribution in [-0.2, 0) is 7.05 Å². The van der Waals surface area contributed by atoms with Crippen LogP contribution >= 0.6 is 0 Å². The van der Waals surface area contributed by atoms with Crippen LogP contribution in [0.1, 0.15) is 5.69 Å². The van der Waals surface area contributed by atoms with E-state index in [0.29, 0.717) is 11.4 Å². The highest BCUT2D eigenvalue weighted by Gasteiger charge is 2.12. The Morgan fingerprint density at radius 3 is 2.62 bits per heavy atom. The van der Waals surface area contributed by atoms with E-state index >= 15 is 0 Å². The van der Waals surface area contributed by atoms with Crippen LogP contribution in [0.2, 0.25) is 0 Å². The van der Waals surface area contributed by atoms with Gasteiger partial charge in [0.05, 0.1) is 5.69 Å². The number of rotatable bonds is 3. The van der Waals surface area contributed by atoms with Crippen molar-refractivity contribution in [3.63, 3.8) is 0 Å². The molecule has 0 fully saturated rings. The minimum atomic E-state index is -2.51. The van der Waals surface area contributed by atoms with E-state index in [0.717, 1.165) is 0 Å². The van der Waals surface area contributed by atoms with Crippen LogP contribution in [0.5, 0.6) is 5.88 Å². The van der Waals surface area contributed by atoms with Gasteiger partial charge in [0.1, 0.15) is 5.69 Å². The van der Waals surface area contributed by atoms with Crippen molar-refractivity contribution >= 4 is 5.69 Å². The summed E-state index contributed by atoms with van der Waals surface area (Å²) in [5, 5.41) is 3.82. The molecule has 0 unspecified atom stereocenters. The largest absolute Gasteiger partial charge is 0.469 e. The summed E-state index contributed by atoms with van der Waals surface area (Å²) in [7, 11) is 1.67. The topological polar surface area (TPSA) is 53.1 Å². The first-order valence-corrected chi connectivity index (χ1v) is 3.72. The lowest BCUT2D eigenvalue weighted by atomic mass is 10.4. The highest BCUT2D eigenvalue weighted by atomic mass is 19.3. The molecule has 6 heteroatoms. The number of aromatic nitrogens is 2. The van der Waals surface area contributed by atoms with Crippen molar-refractivity contribution in [2.24, 2.45) is 7.05 Å². The monoisotopic (exact) mass is 191 g/mol. The molecule has 0 amide bonds. The van der Waals surface area contributed by atoms with Crippen LogP contribution in [0.3, 0.4) is 0 Å². The number of ether oxygens (including phenoxy) is 1. The Morgan fingerprint density at radius 2 is 2.23 bits per heavy atom. The Hall–Kier alpha value is -1.33. The van der Waals surface area contributed by atoms with Gasteiger partial charge in [-0.25, -0.2) is 8.78 Å². The molecule has 2 N–H and O–H groups in total. The van der Waals surface area contributed by atoms with Crippen molar-refractivity contribution in [1.82, 2.24) is 9.78 Å². The fourth-order valence-electron chi connectivity index (χ4n) is 0.843. The van der Waals surface area contributed by atoms with Crippen LogP contribution in [-0.4, -0.2) is 22.8 Å². The number of anilines is 1. The first kappa shape index (κ1) is 9.76. The maximum atomic E-state index is 11.8. The molecule has 74 valence electrons. The summed E-state index contributed by atoms with van der Waals surface area (Å²) in [5.74, 6) is 0.0697. The Morgan fingerprint density at radius 1 is 1.62 bits per heavy atom. The SMILES string of the molecule is Cc1c(N)c(OCC(F)F)nn1C. The molecule has 0 aliphatic carbocycles. The summed E-state index contributed by atoms with van der Waals surface area (Å²) in [6.07, 6.45) is -2.51. The fraction of sp³-hybridized carbons (Fsp3) is 0.571. The molecular weight excluding hydrogens is 180 g/mol. The molecule has 1 heterocycles. The summed E-state index contributed by atoms with van der Waals surface area (Å²) < 4.78 is 29.7. The molecule has 0 aromatic carbocycles. The Kier molecular flexibility index (Phi) is 2.69. The highest BCUT2D eigenvalue weighted by Crippen LogP contribution is 2.22. The van der Waals surface area contributed by atoms with Gasteiger partial charge in [-0.05, 0) is 6.92 Å². The lowest BCUT2D eigenvalue weighted by Crippen LogP contribution is -2.08. The quantitative estimate of drug-likeness (QED) is 0.774. The molecule has 1 aromatic heterocycles. The highest BCUT2D eigenvalue weighted by molar-refractivity contribution is 5.52. The zero-order valence-electron chi connectivity index (χ0n) is 7.42. The number of aryl methyl sites for hydroxylation is 1. The summed E-state index contributed by atoms with van der Waals surface area (Å²) in [4.78, 5) is 0. The first-order chi connectivity index (χ1) is 6.02. The molecule has 0 saturated heterocycles. The molecule has 0 radical (unpaired) electrons. The summed E-state index contributed by atoms with van der Waals surface area (Å²) >= 11 is 0. The predicted molar refractivity (Wildman–Crippen MR) is 43.9 cm³/mol. The molecule has 1 rings (SSSR count). The minimum absolute atomic E-state index is 0.0697. The van der Waals surface area contributed by atoms with E-state index < -0.39 is 13.0 Å². The van der Waals surface area contributed by atoms with Crippen molar-refractivity contribution in [2.75, 3.05) is 12.3 Å². The number of alkyl halides is 2. The van der Waals surface area contributed by atoms with Crippen LogP contribution in [0.25, 0.3) is 0 Å². The van der Waals surface area contributed by atoms with Crippen molar-refractivity contribution in [2.45, 2.75) is 13.3 Å². The van der Waals surface area contributed by atoms with E-state index in [4.69, 9.17) is 10.5 Å². The Balaban J connectivity index is 2.72. The second-order valence-electron chi connectivity index (χ2n) is 2.63. The third kappa shape index (κ3) is 2.07. The van der Waals surface area contributed by atoms with Gasteiger partial charge in [-0.2, -0.15) is 0 Å². The van der Waals surface area contributed by atoms with Gasteiger partial charge in [0.2, 0.25) is 0 Å². The van der Waals surface area contributed by atoms with E-state index in [2.05, 4.69) is 5.10 Å². The van der Waals surface area contributed by atoms with Crippen LogP contribution in [0.15, 0.2) is 0 Å². The third-order valence-electron chi connectivity index (χ3n) is 1.69. The maximum Gasteiger partial charge on any atom is 0.272 e. The molecule has 0 aliphatic rings. The van der Waals surface area contributed by atoms with E-state index in [1.54, 1.807) is 14.0 Å². The van der Waals surface area contributed by atoms with E-state index in [9.17, 15) is 8.78 Å². The normalized spacial score (nSPS) is 10.8. The lowest BCUT2D eigenvalue weighted by molar-refractivity contribution is 0.0796. The average Bonchev–Trinajstić information content (AvgIpc) is 2.29.